The van der Waals surface area contributed by atoms with Gasteiger partial charge in [-0.15, -0.1) is 0 Å². The average Bonchev–Trinajstić information content (AvgIpc) is 2.29. The van der Waals surface area contributed by atoms with Crippen molar-refractivity contribution in [1.29, 1.82) is 0 Å². The van der Waals surface area contributed by atoms with Crippen molar-refractivity contribution in [1.82, 2.24) is 4.98 Å². The Labute approximate surface area is 105 Å². The van der Waals surface area contributed by atoms with Gasteiger partial charge in [0.05, 0.1) is 0 Å². The number of hydrogen-bond donors (Lipinski definition) is 0. The van der Waals surface area contributed by atoms with Crippen LogP contribution in [0.4, 0.5) is 10.2 Å². The summed E-state index contributed by atoms with van der Waals surface area (Å²) in [7, 11) is 3.79. The minimum absolute atomic E-state index is 0.248. The molecule has 2 rings (SSSR count). The summed E-state index contributed by atoms with van der Waals surface area (Å²) in [4.78, 5) is 6.07. The van der Waals surface area contributed by atoms with Gasteiger partial charge in [-0.2, -0.15) is 0 Å². The van der Waals surface area contributed by atoms with Crippen LogP contribution in [0.15, 0.2) is 36.4 Å². The first kappa shape index (κ1) is 11.9. The van der Waals surface area contributed by atoms with Crippen molar-refractivity contribution in [3.63, 3.8) is 0 Å². The minimum Gasteiger partial charge on any atom is -0.363 e. The average molecular weight is 251 g/mol. The molecule has 0 aliphatic carbocycles. The van der Waals surface area contributed by atoms with Crippen molar-refractivity contribution in [2.24, 2.45) is 0 Å². The van der Waals surface area contributed by atoms with E-state index in [1.807, 2.05) is 25.1 Å². The monoisotopic (exact) mass is 250 g/mol. The maximum absolute atomic E-state index is 12.8. The van der Waals surface area contributed by atoms with E-state index in [1.54, 1.807) is 18.2 Å². The summed E-state index contributed by atoms with van der Waals surface area (Å²) >= 11 is 5.96. The second-order valence-electron chi connectivity index (χ2n) is 3.94. The zero-order chi connectivity index (χ0) is 12.4. The third-order valence-electron chi connectivity index (χ3n) is 2.42. The summed E-state index contributed by atoms with van der Waals surface area (Å²) in [6, 6.07) is 9.99. The Kier molecular flexibility index (Phi) is 3.29. The van der Waals surface area contributed by atoms with Gasteiger partial charge in [0.25, 0.3) is 0 Å². The first-order valence-corrected chi connectivity index (χ1v) is 5.55. The van der Waals surface area contributed by atoms with E-state index in [9.17, 15) is 4.39 Å². The van der Waals surface area contributed by atoms with Crippen molar-refractivity contribution in [2.75, 3.05) is 19.0 Å². The Morgan fingerprint density at radius 1 is 1.06 bits per heavy atom. The van der Waals surface area contributed by atoms with Crippen LogP contribution in [0.25, 0.3) is 11.1 Å². The highest BCUT2D eigenvalue weighted by molar-refractivity contribution is 6.29. The quantitative estimate of drug-likeness (QED) is 0.757. The third kappa shape index (κ3) is 2.74. The summed E-state index contributed by atoms with van der Waals surface area (Å²) < 4.78 is 12.8. The lowest BCUT2D eigenvalue weighted by Crippen LogP contribution is -2.10. The Balaban J connectivity index is 2.48. The predicted molar refractivity (Wildman–Crippen MR) is 69.0 cm³/mol. The smallest absolute Gasteiger partial charge is 0.132 e. The molecule has 2 aromatic rings. The zero-order valence-electron chi connectivity index (χ0n) is 9.61. The molecule has 0 aliphatic rings. The van der Waals surface area contributed by atoms with Crippen LogP contribution in [-0.4, -0.2) is 19.1 Å². The molecule has 1 aromatic carbocycles. The molecule has 1 aromatic heterocycles. The van der Waals surface area contributed by atoms with E-state index in [0.717, 1.165) is 16.9 Å². The molecule has 0 spiro atoms. The highest BCUT2D eigenvalue weighted by Crippen LogP contribution is 2.25. The first-order chi connectivity index (χ1) is 8.06. The number of hydrogen-bond acceptors (Lipinski definition) is 2. The largest absolute Gasteiger partial charge is 0.363 e. The summed E-state index contributed by atoms with van der Waals surface area (Å²) in [5.74, 6) is 0.526. The maximum atomic E-state index is 12.8. The second-order valence-corrected chi connectivity index (χ2v) is 4.33. The third-order valence-corrected chi connectivity index (χ3v) is 2.61. The van der Waals surface area contributed by atoms with Crippen molar-refractivity contribution in [3.8, 4) is 11.1 Å². The molecule has 0 aliphatic heterocycles. The van der Waals surface area contributed by atoms with Gasteiger partial charge in [0, 0.05) is 14.1 Å². The lowest BCUT2D eigenvalue weighted by atomic mass is 10.1. The molecule has 2 nitrogen and oxygen atoms in total. The standard InChI is InChI=1S/C13H12ClFN2/c1-17(2)13-8-10(7-12(14)16-13)9-3-5-11(15)6-4-9/h3-8H,1-2H3. The number of nitrogens with zero attached hydrogens (tertiary/aromatic N) is 2. The van der Waals surface area contributed by atoms with Crippen LogP contribution in [0.2, 0.25) is 5.15 Å². The first-order valence-electron chi connectivity index (χ1n) is 5.17. The van der Waals surface area contributed by atoms with Gasteiger partial charge in [-0.3, -0.25) is 0 Å². The molecule has 0 saturated carbocycles. The summed E-state index contributed by atoms with van der Waals surface area (Å²) in [6.07, 6.45) is 0. The molecule has 4 heteroatoms. The number of anilines is 1. The summed E-state index contributed by atoms with van der Waals surface area (Å²) in [6.45, 7) is 0. The highest BCUT2D eigenvalue weighted by Gasteiger charge is 2.05. The van der Waals surface area contributed by atoms with Gasteiger partial charge < -0.3 is 4.90 Å². The second kappa shape index (κ2) is 4.72. The van der Waals surface area contributed by atoms with Crippen LogP contribution in [-0.2, 0) is 0 Å². The maximum Gasteiger partial charge on any atom is 0.132 e. The van der Waals surface area contributed by atoms with Crippen LogP contribution in [0.3, 0.4) is 0 Å². The predicted octanol–water partition coefficient (Wildman–Crippen LogP) is 3.61. The normalized spacial score (nSPS) is 10.4. The van der Waals surface area contributed by atoms with E-state index >= 15 is 0 Å². The van der Waals surface area contributed by atoms with E-state index < -0.39 is 0 Å². The molecule has 88 valence electrons. The van der Waals surface area contributed by atoms with E-state index in [4.69, 9.17) is 11.6 Å². The Bertz CT molecular complexity index is 523. The molecule has 1 heterocycles. The Morgan fingerprint density at radius 3 is 2.29 bits per heavy atom. The van der Waals surface area contributed by atoms with Crippen LogP contribution in [0.5, 0.6) is 0 Å². The molecule has 0 saturated heterocycles. The van der Waals surface area contributed by atoms with Crippen LogP contribution in [0, 0.1) is 5.82 Å². The lowest BCUT2D eigenvalue weighted by Gasteiger charge is -2.13. The van der Waals surface area contributed by atoms with Crippen LogP contribution >= 0.6 is 11.6 Å². The van der Waals surface area contributed by atoms with E-state index in [0.29, 0.717) is 5.15 Å². The molecular weight excluding hydrogens is 239 g/mol. The van der Waals surface area contributed by atoms with Crippen molar-refractivity contribution < 1.29 is 4.39 Å². The number of pyridine rings is 1. The molecular formula is C13H12ClFN2. The van der Waals surface area contributed by atoms with Crippen LogP contribution in [0.1, 0.15) is 0 Å². The molecule has 0 bridgehead atoms. The van der Waals surface area contributed by atoms with Gasteiger partial charge >= 0.3 is 0 Å². The summed E-state index contributed by atoms with van der Waals surface area (Å²) in [5, 5.41) is 0.426. The Hall–Kier alpha value is -1.61. The van der Waals surface area contributed by atoms with Crippen molar-refractivity contribution in [2.45, 2.75) is 0 Å². The molecule has 0 N–H and O–H groups in total. The number of rotatable bonds is 2. The topological polar surface area (TPSA) is 16.1 Å². The molecule has 17 heavy (non-hydrogen) atoms. The number of halogens is 2. The van der Waals surface area contributed by atoms with Crippen molar-refractivity contribution >= 4 is 17.4 Å². The fourth-order valence-electron chi connectivity index (χ4n) is 1.52. The fourth-order valence-corrected chi connectivity index (χ4v) is 1.73. The minimum atomic E-state index is -0.248. The summed E-state index contributed by atoms with van der Waals surface area (Å²) in [5.41, 5.74) is 1.84. The SMILES string of the molecule is CN(C)c1cc(-c2ccc(F)cc2)cc(Cl)n1. The molecule has 0 radical (unpaired) electrons. The number of benzene rings is 1. The van der Waals surface area contributed by atoms with E-state index in [-0.39, 0.29) is 5.82 Å². The Morgan fingerprint density at radius 2 is 1.71 bits per heavy atom. The molecule has 0 unspecified atom stereocenters. The lowest BCUT2D eigenvalue weighted by molar-refractivity contribution is 0.628. The number of aromatic nitrogens is 1. The van der Waals surface area contributed by atoms with E-state index in [2.05, 4.69) is 4.98 Å². The molecule has 0 amide bonds. The highest BCUT2D eigenvalue weighted by atomic mass is 35.5. The molecule has 0 fully saturated rings. The van der Waals surface area contributed by atoms with Crippen LogP contribution < -0.4 is 4.90 Å². The molecule has 0 atom stereocenters. The van der Waals surface area contributed by atoms with Gasteiger partial charge in [-0.1, -0.05) is 23.7 Å². The van der Waals surface area contributed by atoms with Crippen molar-refractivity contribution in [3.05, 3.63) is 47.4 Å². The van der Waals surface area contributed by atoms with Gasteiger partial charge in [-0.25, -0.2) is 9.37 Å². The van der Waals surface area contributed by atoms with Gasteiger partial charge in [0.15, 0.2) is 0 Å². The van der Waals surface area contributed by atoms with Gasteiger partial charge in [-0.05, 0) is 35.4 Å². The van der Waals surface area contributed by atoms with Gasteiger partial charge in [0.2, 0.25) is 0 Å². The zero-order valence-corrected chi connectivity index (χ0v) is 10.4. The fraction of sp³-hybridized carbons (Fsp3) is 0.154. The van der Waals surface area contributed by atoms with E-state index in [1.165, 1.54) is 12.1 Å². The van der Waals surface area contributed by atoms with Gasteiger partial charge in [0.1, 0.15) is 16.8 Å².